The van der Waals surface area contributed by atoms with Gasteiger partial charge >= 0.3 is 0 Å². The average molecular weight is 147 g/mol. The third kappa shape index (κ3) is 2.98. The van der Waals surface area contributed by atoms with Gasteiger partial charge in [0.1, 0.15) is 5.44 Å². The van der Waals surface area contributed by atoms with Gasteiger partial charge in [0.2, 0.25) is 14.1 Å². The topological polar surface area (TPSA) is 66.7 Å². The Balaban J connectivity index is 4.37. The van der Waals surface area contributed by atoms with E-state index in [1.807, 2.05) is 0 Å². The van der Waals surface area contributed by atoms with Gasteiger partial charge in [0.25, 0.3) is 0 Å². The van der Waals surface area contributed by atoms with E-state index in [0.29, 0.717) is 0 Å². The molecule has 0 aromatic carbocycles. The van der Waals surface area contributed by atoms with E-state index >= 15 is 0 Å². The highest BCUT2D eigenvalue weighted by molar-refractivity contribution is 7.43. The molecule has 0 fully saturated rings. The zero-order valence-electron chi connectivity index (χ0n) is 4.79. The Morgan fingerprint density at radius 2 is 2.44 bits per heavy atom. The fourth-order valence-electron chi connectivity index (χ4n) is 0.285. The molecule has 1 N–H and O–H groups in total. The SMILES string of the molecule is CC=C(N=C=O)[PH](=O)O. The molecular weight excluding hydrogens is 141 g/mol. The van der Waals surface area contributed by atoms with Crippen LogP contribution in [0.2, 0.25) is 0 Å². The van der Waals surface area contributed by atoms with Crippen LogP contribution in [0.15, 0.2) is 16.5 Å². The van der Waals surface area contributed by atoms with E-state index in [1.165, 1.54) is 19.1 Å². The van der Waals surface area contributed by atoms with E-state index in [9.17, 15) is 9.36 Å². The monoisotopic (exact) mass is 147 g/mol. The number of allylic oxidation sites excluding steroid dienone is 1. The summed E-state index contributed by atoms with van der Waals surface area (Å²) in [5, 5.41) is 0. The van der Waals surface area contributed by atoms with Crippen molar-refractivity contribution in [2.45, 2.75) is 6.92 Å². The number of hydrogen-bond donors (Lipinski definition) is 1. The van der Waals surface area contributed by atoms with Gasteiger partial charge in [0, 0.05) is 0 Å². The van der Waals surface area contributed by atoms with Crippen LogP contribution in [-0.2, 0) is 9.36 Å². The first-order valence-electron chi connectivity index (χ1n) is 2.20. The maximum absolute atomic E-state index is 10.2. The molecule has 1 unspecified atom stereocenters. The summed E-state index contributed by atoms with van der Waals surface area (Å²) >= 11 is 0. The van der Waals surface area contributed by atoms with Gasteiger partial charge in [-0.2, -0.15) is 4.99 Å². The highest BCUT2D eigenvalue weighted by atomic mass is 31.1. The van der Waals surface area contributed by atoms with E-state index in [1.54, 1.807) is 0 Å². The van der Waals surface area contributed by atoms with Crippen LogP contribution in [0.5, 0.6) is 0 Å². The molecule has 0 bridgehead atoms. The molecule has 0 heterocycles. The highest BCUT2D eigenvalue weighted by Crippen LogP contribution is 2.26. The number of nitrogens with zero attached hydrogens (tertiary/aromatic N) is 1. The average Bonchev–Trinajstić information content (AvgIpc) is 1.82. The lowest BCUT2D eigenvalue weighted by Crippen LogP contribution is -1.66. The maximum Gasteiger partial charge on any atom is 0.240 e. The van der Waals surface area contributed by atoms with Crippen molar-refractivity contribution in [3.8, 4) is 0 Å². The Labute approximate surface area is 52.8 Å². The van der Waals surface area contributed by atoms with Gasteiger partial charge in [-0.15, -0.1) is 0 Å². The molecule has 0 rings (SSSR count). The number of carbonyl (C=O) groups excluding carboxylic acids is 1. The Morgan fingerprint density at radius 1 is 1.89 bits per heavy atom. The van der Waals surface area contributed by atoms with Crippen LogP contribution in [0.1, 0.15) is 6.92 Å². The predicted molar refractivity (Wildman–Crippen MR) is 33.1 cm³/mol. The van der Waals surface area contributed by atoms with Crippen molar-refractivity contribution in [1.82, 2.24) is 0 Å². The molecular formula is C4H6NO3P. The van der Waals surface area contributed by atoms with Gasteiger partial charge in [-0.05, 0) is 6.92 Å². The van der Waals surface area contributed by atoms with Gasteiger partial charge in [0.15, 0.2) is 0 Å². The smallest absolute Gasteiger partial charge is 0.240 e. The first kappa shape index (κ1) is 8.31. The molecule has 0 aliphatic heterocycles. The fraction of sp³-hybridized carbons (Fsp3) is 0.250. The summed E-state index contributed by atoms with van der Waals surface area (Å²) in [6.45, 7) is 1.52. The molecule has 5 heteroatoms. The molecule has 0 aliphatic carbocycles. The van der Waals surface area contributed by atoms with E-state index in [0.717, 1.165) is 0 Å². The van der Waals surface area contributed by atoms with E-state index in [2.05, 4.69) is 4.99 Å². The van der Waals surface area contributed by atoms with Crippen LogP contribution in [-0.4, -0.2) is 11.0 Å². The molecule has 50 valence electrons. The van der Waals surface area contributed by atoms with Gasteiger partial charge in [-0.1, -0.05) is 6.08 Å². The predicted octanol–water partition coefficient (Wildman–Crippen LogP) is 0.650. The Kier molecular flexibility index (Phi) is 3.89. The normalized spacial score (nSPS) is 14.2. The van der Waals surface area contributed by atoms with E-state index < -0.39 is 8.03 Å². The highest BCUT2D eigenvalue weighted by Gasteiger charge is 1.96. The number of aliphatic imine (C=N–C) groups is 1. The molecule has 0 spiro atoms. The van der Waals surface area contributed by atoms with Crippen LogP contribution in [0.25, 0.3) is 0 Å². The van der Waals surface area contributed by atoms with Crippen molar-refractivity contribution in [2.24, 2.45) is 4.99 Å². The molecule has 0 saturated carbocycles. The summed E-state index contributed by atoms with van der Waals surface area (Å²) in [6, 6.07) is 0. The second kappa shape index (κ2) is 4.21. The molecule has 0 saturated heterocycles. The summed E-state index contributed by atoms with van der Waals surface area (Å²) < 4.78 is 10.2. The van der Waals surface area contributed by atoms with Crippen LogP contribution >= 0.6 is 8.03 Å². The van der Waals surface area contributed by atoms with Crippen molar-refractivity contribution in [2.75, 3.05) is 0 Å². The molecule has 1 atom stereocenters. The first-order valence-corrected chi connectivity index (χ1v) is 3.55. The lowest BCUT2D eigenvalue weighted by atomic mass is 10.7. The molecule has 0 aromatic heterocycles. The molecule has 4 nitrogen and oxygen atoms in total. The number of isocyanates is 1. The zero-order chi connectivity index (χ0) is 7.28. The summed E-state index contributed by atoms with van der Waals surface area (Å²) in [5.41, 5.74) is -0.102. The van der Waals surface area contributed by atoms with Crippen LogP contribution < -0.4 is 0 Å². The summed E-state index contributed by atoms with van der Waals surface area (Å²) in [6.07, 6.45) is 2.47. The lowest BCUT2D eigenvalue weighted by molar-refractivity contribution is 0.508. The van der Waals surface area contributed by atoms with Crippen molar-refractivity contribution < 1.29 is 14.3 Å². The van der Waals surface area contributed by atoms with Gasteiger partial charge in [0.05, 0.1) is 0 Å². The minimum atomic E-state index is -2.80. The second-order valence-corrected chi connectivity index (χ2v) is 2.30. The third-order valence-electron chi connectivity index (χ3n) is 0.659. The lowest BCUT2D eigenvalue weighted by Gasteiger charge is -1.86. The maximum atomic E-state index is 10.2. The quantitative estimate of drug-likeness (QED) is 0.354. The number of hydrogen-bond acceptors (Lipinski definition) is 3. The van der Waals surface area contributed by atoms with Crippen molar-refractivity contribution in [3.63, 3.8) is 0 Å². The molecule has 0 radical (unpaired) electrons. The minimum Gasteiger partial charge on any atom is -0.342 e. The second-order valence-electron chi connectivity index (χ2n) is 1.18. The minimum absolute atomic E-state index is 0.102. The van der Waals surface area contributed by atoms with Crippen molar-refractivity contribution in [3.05, 3.63) is 11.5 Å². The van der Waals surface area contributed by atoms with Gasteiger partial charge in [-0.3, -0.25) is 4.57 Å². The fourth-order valence-corrected chi connectivity index (χ4v) is 0.673. The van der Waals surface area contributed by atoms with Crippen LogP contribution in [0.3, 0.4) is 0 Å². The zero-order valence-corrected chi connectivity index (χ0v) is 5.79. The molecule has 9 heavy (non-hydrogen) atoms. The molecule has 0 aliphatic rings. The molecule has 0 amide bonds. The standard InChI is InChI=1S/C4H6NO3P/c1-2-4(5-3-6)9(7)8/h2,9H,1H3,(H,7,8). The Bertz CT molecular complexity index is 188. The first-order chi connectivity index (χ1) is 4.22. The van der Waals surface area contributed by atoms with E-state index in [-0.39, 0.29) is 5.44 Å². The summed E-state index contributed by atoms with van der Waals surface area (Å²) in [5.74, 6) is 0. The van der Waals surface area contributed by atoms with Crippen molar-refractivity contribution >= 4 is 14.1 Å². The number of rotatable bonds is 2. The Morgan fingerprint density at radius 3 is 2.56 bits per heavy atom. The van der Waals surface area contributed by atoms with Gasteiger partial charge < -0.3 is 4.89 Å². The van der Waals surface area contributed by atoms with Crippen LogP contribution in [0, 0.1) is 0 Å². The summed E-state index contributed by atoms with van der Waals surface area (Å²) in [7, 11) is -2.80. The third-order valence-corrected chi connectivity index (χ3v) is 1.50. The molecule has 0 aromatic rings. The Hall–Kier alpha value is -0.690. The van der Waals surface area contributed by atoms with E-state index in [4.69, 9.17) is 4.89 Å². The largest absolute Gasteiger partial charge is 0.342 e. The van der Waals surface area contributed by atoms with Crippen LogP contribution in [0.4, 0.5) is 0 Å². The van der Waals surface area contributed by atoms with Crippen molar-refractivity contribution in [1.29, 1.82) is 0 Å². The summed E-state index contributed by atoms with van der Waals surface area (Å²) in [4.78, 5) is 20.8. The van der Waals surface area contributed by atoms with Gasteiger partial charge in [-0.25, -0.2) is 4.79 Å².